The first kappa shape index (κ1) is 54.2. The molecule has 396 valence electrons. The number of ether oxygens (including phenoxy) is 3. The standard InChI is InChI=1S/C58H60FN5O12/c1-2-32-73-58-53(62(37-41-14-21-44(59)22-15-41)54(67)29-20-39-16-23-45(24-17-39)63(69)70)35-51(61-74-38-42-18-25-46(26-19-42)64(71)72)49-33-43(12-6-8-30-65)48(13-7-9-31-66)55(56(49)58)50-34-47(27-28-52(50)76-58)75-57(68)60-36-40-10-4-3-5-11-40/h2-5,10-11,14-29,33-34,43,48,53,55-56,65-66H,1,6-9,12-13,30-32,35-38H2,(H,60,68)/t43-,48+,53-,55+,56+,58+/m0/s1. The number of amides is 2. The number of hydrogen-bond donors (Lipinski definition) is 3. The van der Waals surface area contributed by atoms with Crippen LogP contribution in [0.1, 0.15) is 78.7 Å². The van der Waals surface area contributed by atoms with E-state index in [0.717, 1.165) is 11.1 Å². The van der Waals surface area contributed by atoms with E-state index in [2.05, 4.69) is 18.0 Å². The Labute approximate surface area is 439 Å². The van der Waals surface area contributed by atoms with Crippen LogP contribution in [0.2, 0.25) is 0 Å². The van der Waals surface area contributed by atoms with Gasteiger partial charge in [-0.3, -0.25) is 25.0 Å². The van der Waals surface area contributed by atoms with E-state index < -0.39 is 51.3 Å². The Morgan fingerprint density at radius 2 is 1.53 bits per heavy atom. The molecule has 0 saturated heterocycles. The van der Waals surface area contributed by atoms with Crippen molar-refractivity contribution in [1.29, 1.82) is 0 Å². The van der Waals surface area contributed by atoms with Gasteiger partial charge in [0.2, 0.25) is 11.7 Å². The number of fused-ring (bicyclic) bond motifs is 2. The van der Waals surface area contributed by atoms with Crippen molar-refractivity contribution >= 4 is 35.2 Å². The van der Waals surface area contributed by atoms with Gasteiger partial charge in [-0.05, 0) is 126 Å². The summed E-state index contributed by atoms with van der Waals surface area (Å²) in [4.78, 5) is 58.4. The molecule has 5 aromatic rings. The number of nitrogens with one attached hydrogen (secondary N) is 1. The number of nitro benzene ring substituents is 2. The van der Waals surface area contributed by atoms with E-state index in [0.29, 0.717) is 72.2 Å². The first-order valence-electron chi connectivity index (χ1n) is 25.3. The molecule has 1 saturated carbocycles. The molecule has 0 radical (unpaired) electrons. The molecule has 5 aromatic carbocycles. The molecule has 0 spiro atoms. The summed E-state index contributed by atoms with van der Waals surface area (Å²) in [7, 11) is 0. The maximum Gasteiger partial charge on any atom is 0.412 e. The molecular weight excluding hydrogens is 978 g/mol. The zero-order valence-corrected chi connectivity index (χ0v) is 41.8. The minimum atomic E-state index is -1.72. The molecule has 0 unspecified atom stereocenters. The fraction of sp³-hybridized carbons (Fsp3) is 0.328. The number of nitrogens with zero attached hydrogens (tertiary/aromatic N) is 4. The van der Waals surface area contributed by atoms with Crippen molar-refractivity contribution < 1.29 is 53.1 Å². The van der Waals surface area contributed by atoms with Crippen molar-refractivity contribution in [1.82, 2.24) is 10.2 Å². The molecule has 2 amide bonds. The lowest BCUT2D eigenvalue weighted by Crippen LogP contribution is -2.70. The van der Waals surface area contributed by atoms with E-state index in [1.54, 1.807) is 59.5 Å². The number of non-ortho nitro benzene ring substituents is 2. The summed E-state index contributed by atoms with van der Waals surface area (Å²) in [6.45, 7) is 4.01. The summed E-state index contributed by atoms with van der Waals surface area (Å²) < 4.78 is 35.0. The van der Waals surface area contributed by atoms with E-state index >= 15 is 4.79 Å². The summed E-state index contributed by atoms with van der Waals surface area (Å²) in [5.74, 6) is -3.64. The van der Waals surface area contributed by atoms with Crippen molar-refractivity contribution in [3.05, 3.63) is 206 Å². The minimum absolute atomic E-state index is 0.00579. The Hall–Kier alpha value is -8.06. The summed E-state index contributed by atoms with van der Waals surface area (Å²) in [5, 5.41) is 50.7. The third kappa shape index (κ3) is 12.9. The van der Waals surface area contributed by atoms with Gasteiger partial charge in [0.15, 0.2) is 0 Å². The van der Waals surface area contributed by atoms with E-state index in [-0.39, 0.29) is 74.9 Å². The molecule has 3 aliphatic rings. The van der Waals surface area contributed by atoms with Gasteiger partial charge in [-0.2, -0.15) is 0 Å². The van der Waals surface area contributed by atoms with Gasteiger partial charge in [-0.1, -0.05) is 72.6 Å². The third-order valence-electron chi connectivity index (χ3n) is 14.1. The Kier molecular flexibility index (Phi) is 18.2. The van der Waals surface area contributed by atoms with Crippen molar-refractivity contribution in [3.63, 3.8) is 0 Å². The molecule has 1 aliphatic heterocycles. The van der Waals surface area contributed by atoms with Crippen molar-refractivity contribution in [2.24, 2.45) is 22.9 Å². The predicted octanol–water partition coefficient (Wildman–Crippen LogP) is 10.5. The SMILES string of the molecule is C=CCO[C@@]12Oc3ccc(OC(=O)NCc4ccccc4)cc3[C@H]3[C@H](CCCCO)[C@@H](CCCCO)C=C(C(=NOCc4ccc([N+](=O)[O-])cc4)C[C@@H]1N(Cc1ccc(F)cc1)C(=O)C=Cc1ccc([N+](=O)[O-])cc1)[C@H]32. The highest BCUT2D eigenvalue weighted by Gasteiger charge is 2.65. The Balaban J connectivity index is 1.31. The lowest BCUT2D eigenvalue weighted by molar-refractivity contribution is -0.385. The van der Waals surface area contributed by atoms with E-state index in [9.17, 15) is 39.6 Å². The molecule has 3 N–H and O–H groups in total. The lowest BCUT2D eigenvalue weighted by Gasteiger charge is -2.60. The lowest BCUT2D eigenvalue weighted by atomic mass is 9.55. The molecule has 0 bridgehead atoms. The van der Waals surface area contributed by atoms with E-state index in [1.165, 1.54) is 54.6 Å². The number of aliphatic hydroxyl groups excluding tert-OH is 2. The van der Waals surface area contributed by atoms with Gasteiger partial charge >= 0.3 is 6.09 Å². The summed E-state index contributed by atoms with van der Waals surface area (Å²) >= 11 is 0. The van der Waals surface area contributed by atoms with Crippen LogP contribution < -0.4 is 14.8 Å². The third-order valence-corrected chi connectivity index (χ3v) is 14.1. The smallest absolute Gasteiger partial charge is 0.412 e. The van der Waals surface area contributed by atoms with Crippen molar-refractivity contribution in [2.45, 2.75) is 82.4 Å². The van der Waals surface area contributed by atoms with Crippen LogP contribution in [0.4, 0.5) is 20.6 Å². The fourth-order valence-electron chi connectivity index (χ4n) is 10.6. The number of nitro groups is 2. The molecule has 8 rings (SSSR count). The van der Waals surface area contributed by atoms with Gasteiger partial charge in [0.05, 0.1) is 28.1 Å². The van der Waals surface area contributed by atoms with E-state index in [4.69, 9.17) is 24.2 Å². The number of aliphatic hydroxyl groups is 2. The molecule has 6 atom stereocenters. The number of benzene rings is 5. The molecule has 17 nitrogen and oxygen atoms in total. The number of oxime groups is 1. The molecular formula is C58H60FN5O12. The van der Waals surface area contributed by atoms with Gasteiger partial charge in [0, 0.05) is 74.5 Å². The predicted molar refractivity (Wildman–Crippen MR) is 281 cm³/mol. The summed E-state index contributed by atoms with van der Waals surface area (Å²) in [6, 6.07) is 30.9. The van der Waals surface area contributed by atoms with Gasteiger partial charge in [-0.15, -0.1) is 6.58 Å². The molecule has 76 heavy (non-hydrogen) atoms. The monoisotopic (exact) mass is 1040 g/mol. The number of carbonyl (C=O) groups excluding carboxylic acids is 2. The Morgan fingerprint density at radius 3 is 2.20 bits per heavy atom. The van der Waals surface area contributed by atoms with Gasteiger partial charge in [0.1, 0.15) is 30.0 Å². The Morgan fingerprint density at radius 1 is 0.855 bits per heavy atom. The van der Waals surface area contributed by atoms with Crippen LogP contribution in [-0.4, -0.2) is 74.3 Å². The van der Waals surface area contributed by atoms with Crippen LogP contribution in [0.15, 0.2) is 157 Å². The second kappa shape index (κ2) is 25.5. The molecule has 1 heterocycles. The fourth-order valence-corrected chi connectivity index (χ4v) is 10.6. The highest BCUT2D eigenvalue weighted by atomic mass is 19.1. The first-order chi connectivity index (χ1) is 36.9. The number of allylic oxidation sites excluding steroid dienone is 1. The first-order valence-corrected chi connectivity index (χ1v) is 25.3. The molecule has 2 aliphatic carbocycles. The van der Waals surface area contributed by atoms with Crippen molar-refractivity contribution in [3.8, 4) is 11.5 Å². The highest BCUT2D eigenvalue weighted by molar-refractivity contribution is 6.03. The largest absolute Gasteiger partial charge is 0.459 e. The number of unbranched alkanes of at least 4 members (excludes halogenated alkanes) is 2. The summed E-state index contributed by atoms with van der Waals surface area (Å²) in [6.07, 6.45) is 9.65. The van der Waals surface area contributed by atoms with Crippen LogP contribution in [0.5, 0.6) is 11.5 Å². The average molecular weight is 1040 g/mol. The summed E-state index contributed by atoms with van der Waals surface area (Å²) in [5.41, 5.74) is 4.22. The number of hydrogen-bond acceptors (Lipinski definition) is 13. The second-order valence-electron chi connectivity index (χ2n) is 19.0. The van der Waals surface area contributed by atoms with E-state index in [1.807, 2.05) is 30.3 Å². The highest BCUT2D eigenvalue weighted by Crippen LogP contribution is 2.62. The topological polar surface area (TPSA) is 225 Å². The molecule has 1 fully saturated rings. The minimum Gasteiger partial charge on any atom is -0.459 e. The maximum absolute atomic E-state index is 15.2. The molecule has 0 aromatic heterocycles. The maximum atomic E-state index is 15.2. The van der Waals surface area contributed by atoms with Gasteiger partial charge in [0.25, 0.3) is 11.4 Å². The van der Waals surface area contributed by atoms with Crippen LogP contribution in [0.3, 0.4) is 0 Å². The number of halogens is 1. The average Bonchev–Trinajstić information content (AvgIpc) is 3.44. The molecule has 18 heteroatoms. The van der Waals surface area contributed by atoms with Crippen LogP contribution in [0, 0.1) is 43.8 Å². The van der Waals surface area contributed by atoms with Crippen LogP contribution in [-0.2, 0) is 34.1 Å². The van der Waals surface area contributed by atoms with Crippen LogP contribution >= 0.6 is 0 Å². The normalized spacial score (nSPS) is 20.9. The van der Waals surface area contributed by atoms with Gasteiger partial charge < -0.3 is 39.5 Å². The Bertz CT molecular complexity index is 2930. The second-order valence-corrected chi connectivity index (χ2v) is 19.0. The number of rotatable bonds is 24. The zero-order chi connectivity index (χ0) is 53.6. The quantitative estimate of drug-likeness (QED) is 0.0173. The zero-order valence-electron chi connectivity index (χ0n) is 41.8. The van der Waals surface area contributed by atoms with Crippen LogP contribution in [0.25, 0.3) is 6.08 Å². The number of carbonyl (C=O) groups is 2. The van der Waals surface area contributed by atoms with Gasteiger partial charge in [-0.25, -0.2) is 9.18 Å². The van der Waals surface area contributed by atoms with Crippen molar-refractivity contribution in [2.75, 3.05) is 19.8 Å².